The maximum absolute atomic E-state index is 6.38. The van der Waals surface area contributed by atoms with Crippen LogP contribution in [0, 0.1) is 5.92 Å². The van der Waals surface area contributed by atoms with E-state index in [0.29, 0.717) is 11.8 Å². The third kappa shape index (κ3) is 7.30. The van der Waals surface area contributed by atoms with E-state index in [2.05, 4.69) is 128 Å². The SMILES string of the molecule is CC(C)Cc1ccc(-c2ccc(-c3cccc4oc(-c5ccccc5N=Cc5cc(C(C)(C)C)cc(C(C)(C)C)c5)nc34)cc2)cc1. The number of rotatable bonds is 7. The van der Waals surface area contributed by atoms with Gasteiger partial charge in [-0.1, -0.05) is 134 Å². The summed E-state index contributed by atoms with van der Waals surface area (Å²) in [7, 11) is 0. The van der Waals surface area contributed by atoms with Gasteiger partial charge in [0.15, 0.2) is 5.58 Å². The summed E-state index contributed by atoms with van der Waals surface area (Å²) < 4.78 is 6.38. The number of benzene rings is 5. The van der Waals surface area contributed by atoms with Gasteiger partial charge in [0.2, 0.25) is 5.89 Å². The van der Waals surface area contributed by atoms with Crippen molar-refractivity contribution in [3.63, 3.8) is 0 Å². The molecule has 1 aromatic heterocycles. The highest BCUT2D eigenvalue weighted by atomic mass is 16.3. The van der Waals surface area contributed by atoms with Crippen LogP contribution in [0.15, 0.2) is 119 Å². The van der Waals surface area contributed by atoms with E-state index in [0.717, 1.165) is 45.5 Å². The van der Waals surface area contributed by atoms with Crippen molar-refractivity contribution in [2.45, 2.75) is 72.6 Å². The van der Waals surface area contributed by atoms with Gasteiger partial charge in [0.25, 0.3) is 0 Å². The van der Waals surface area contributed by atoms with E-state index < -0.39 is 0 Å². The molecule has 3 heteroatoms. The lowest BCUT2D eigenvalue weighted by Gasteiger charge is -2.25. The maximum Gasteiger partial charge on any atom is 0.229 e. The van der Waals surface area contributed by atoms with Crippen LogP contribution in [-0.4, -0.2) is 11.2 Å². The molecule has 0 amide bonds. The van der Waals surface area contributed by atoms with Crippen molar-refractivity contribution in [2.24, 2.45) is 10.9 Å². The van der Waals surface area contributed by atoms with Crippen LogP contribution >= 0.6 is 0 Å². The van der Waals surface area contributed by atoms with Crippen LogP contribution in [-0.2, 0) is 17.3 Å². The minimum atomic E-state index is 0.0385. The molecule has 5 aromatic carbocycles. The summed E-state index contributed by atoms with van der Waals surface area (Å²) in [6.45, 7) is 18.1. The number of para-hydroxylation sites is 2. The number of hydrogen-bond acceptors (Lipinski definition) is 3. The number of nitrogens with zero attached hydrogens (tertiary/aromatic N) is 2. The molecule has 0 radical (unpaired) electrons. The third-order valence-electron chi connectivity index (χ3n) is 8.72. The van der Waals surface area contributed by atoms with Crippen LogP contribution in [0.4, 0.5) is 5.69 Å². The van der Waals surface area contributed by atoms with E-state index in [4.69, 9.17) is 14.4 Å². The van der Waals surface area contributed by atoms with Crippen LogP contribution < -0.4 is 0 Å². The van der Waals surface area contributed by atoms with Crippen molar-refractivity contribution < 1.29 is 4.42 Å². The van der Waals surface area contributed by atoms with Gasteiger partial charge in [-0.2, -0.15) is 0 Å². The minimum Gasteiger partial charge on any atom is -0.436 e. The third-order valence-corrected chi connectivity index (χ3v) is 8.72. The van der Waals surface area contributed by atoms with E-state index in [1.165, 1.54) is 27.8 Å². The van der Waals surface area contributed by atoms with Crippen LogP contribution in [0.3, 0.4) is 0 Å². The maximum atomic E-state index is 6.38. The number of oxazole rings is 1. The molecule has 0 saturated carbocycles. The molecule has 3 nitrogen and oxygen atoms in total. The summed E-state index contributed by atoms with van der Waals surface area (Å²) in [6.07, 6.45) is 3.07. The monoisotopic (exact) mass is 618 g/mol. The molecule has 0 N–H and O–H groups in total. The van der Waals surface area contributed by atoms with Crippen molar-refractivity contribution in [3.05, 3.63) is 131 Å². The Bertz CT molecular complexity index is 2000. The van der Waals surface area contributed by atoms with Crippen LogP contribution in [0.2, 0.25) is 0 Å². The summed E-state index contributed by atoms with van der Waals surface area (Å²) >= 11 is 0. The normalized spacial score (nSPS) is 12.4. The Morgan fingerprint density at radius 2 is 1.23 bits per heavy atom. The fourth-order valence-corrected chi connectivity index (χ4v) is 5.95. The first-order valence-corrected chi connectivity index (χ1v) is 16.7. The van der Waals surface area contributed by atoms with Gasteiger partial charge >= 0.3 is 0 Å². The van der Waals surface area contributed by atoms with E-state index in [9.17, 15) is 0 Å². The Kier molecular flexibility index (Phi) is 8.76. The van der Waals surface area contributed by atoms with E-state index in [1.54, 1.807) is 0 Å². The number of aromatic nitrogens is 1. The lowest BCUT2D eigenvalue weighted by Crippen LogP contribution is -2.17. The molecule has 47 heavy (non-hydrogen) atoms. The molecular formula is C44H46N2O. The predicted octanol–water partition coefficient (Wildman–Crippen LogP) is 12.4. The van der Waals surface area contributed by atoms with Crippen molar-refractivity contribution in [3.8, 4) is 33.7 Å². The largest absolute Gasteiger partial charge is 0.436 e. The van der Waals surface area contributed by atoms with Gasteiger partial charge in [-0.05, 0) is 92.4 Å². The Hall–Kier alpha value is -4.76. The number of fused-ring (bicyclic) bond motifs is 1. The molecule has 238 valence electrons. The van der Waals surface area contributed by atoms with E-state index in [1.807, 2.05) is 42.6 Å². The summed E-state index contributed by atoms with van der Waals surface area (Å²) in [4.78, 5) is 10.0. The standard InChI is InChI=1S/C44H46N2O/c1-29(2)24-30-16-18-32(19-17-30)33-20-22-34(23-21-33)37-13-11-15-40-41(37)46-42(47-40)38-12-9-10-14-39(38)45-28-31-25-35(43(3,4)5)27-36(26-31)44(6,7)8/h9-23,25-29H,24H2,1-8H3. The van der Waals surface area contributed by atoms with Crippen LogP contribution in [0.5, 0.6) is 0 Å². The lowest BCUT2D eigenvalue weighted by molar-refractivity contribution is 0.568. The van der Waals surface area contributed by atoms with Gasteiger partial charge in [0.05, 0.1) is 11.3 Å². The molecule has 0 unspecified atom stereocenters. The molecule has 0 aliphatic carbocycles. The van der Waals surface area contributed by atoms with Crippen molar-refractivity contribution in [2.75, 3.05) is 0 Å². The second kappa shape index (κ2) is 12.8. The van der Waals surface area contributed by atoms with Gasteiger partial charge in [0, 0.05) is 11.8 Å². The minimum absolute atomic E-state index is 0.0385. The highest BCUT2D eigenvalue weighted by molar-refractivity contribution is 5.93. The predicted molar refractivity (Wildman–Crippen MR) is 200 cm³/mol. The summed E-state index contributed by atoms with van der Waals surface area (Å²) in [6, 6.07) is 38.7. The molecule has 6 rings (SSSR count). The van der Waals surface area contributed by atoms with Gasteiger partial charge in [-0.15, -0.1) is 0 Å². The fourth-order valence-electron chi connectivity index (χ4n) is 5.95. The van der Waals surface area contributed by atoms with Crippen molar-refractivity contribution in [1.82, 2.24) is 4.98 Å². The number of hydrogen-bond donors (Lipinski definition) is 0. The van der Waals surface area contributed by atoms with Crippen LogP contribution in [0.25, 0.3) is 44.8 Å². The van der Waals surface area contributed by atoms with E-state index in [-0.39, 0.29) is 10.8 Å². The zero-order valence-electron chi connectivity index (χ0n) is 29.1. The average molecular weight is 619 g/mol. The molecule has 1 heterocycles. The Balaban J connectivity index is 1.31. The summed E-state index contributed by atoms with van der Waals surface area (Å²) in [5, 5.41) is 0. The molecule has 0 aliphatic rings. The first-order valence-electron chi connectivity index (χ1n) is 16.7. The molecule has 0 saturated heterocycles. The Morgan fingerprint density at radius 1 is 0.660 bits per heavy atom. The second-order valence-corrected chi connectivity index (χ2v) is 15.2. The zero-order chi connectivity index (χ0) is 33.3. The highest BCUT2D eigenvalue weighted by Gasteiger charge is 2.20. The molecule has 6 aromatic rings. The molecule has 0 fully saturated rings. The quantitative estimate of drug-likeness (QED) is 0.167. The molecular weight excluding hydrogens is 572 g/mol. The molecule has 0 aliphatic heterocycles. The molecule has 0 atom stereocenters. The highest BCUT2D eigenvalue weighted by Crippen LogP contribution is 2.36. The molecule has 0 spiro atoms. The Morgan fingerprint density at radius 3 is 1.85 bits per heavy atom. The van der Waals surface area contributed by atoms with Gasteiger partial charge in [-0.3, -0.25) is 4.99 Å². The van der Waals surface area contributed by atoms with Crippen molar-refractivity contribution >= 4 is 23.0 Å². The topological polar surface area (TPSA) is 38.4 Å². The summed E-state index contributed by atoms with van der Waals surface area (Å²) in [5.74, 6) is 1.22. The van der Waals surface area contributed by atoms with Gasteiger partial charge in [0.1, 0.15) is 5.52 Å². The van der Waals surface area contributed by atoms with Gasteiger partial charge < -0.3 is 4.42 Å². The summed E-state index contributed by atoms with van der Waals surface area (Å²) in [5.41, 5.74) is 13.0. The van der Waals surface area contributed by atoms with E-state index >= 15 is 0 Å². The first-order chi connectivity index (χ1) is 22.3. The smallest absolute Gasteiger partial charge is 0.229 e. The lowest BCUT2D eigenvalue weighted by atomic mass is 9.79. The van der Waals surface area contributed by atoms with Crippen LogP contribution in [0.1, 0.15) is 77.6 Å². The Labute approximate surface area is 280 Å². The van der Waals surface area contributed by atoms with Crippen molar-refractivity contribution in [1.29, 1.82) is 0 Å². The van der Waals surface area contributed by atoms with Gasteiger partial charge in [-0.25, -0.2) is 4.98 Å². The number of aliphatic imine (C=N–C) groups is 1. The average Bonchev–Trinajstić information content (AvgIpc) is 3.48. The first kappa shape index (κ1) is 32.2. The fraction of sp³-hybridized carbons (Fsp3) is 0.273. The molecule has 0 bridgehead atoms. The zero-order valence-corrected chi connectivity index (χ0v) is 29.1. The second-order valence-electron chi connectivity index (χ2n) is 15.2.